The van der Waals surface area contributed by atoms with Gasteiger partial charge in [0.15, 0.2) is 0 Å². The van der Waals surface area contributed by atoms with Crippen molar-refractivity contribution in [1.82, 2.24) is 4.98 Å². The zero-order chi connectivity index (χ0) is 16.6. The van der Waals surface area contributed by atoms with Gasteiger partial charge in [-0.2, -0.15) is 0 Å². The fourth-order valence-electron chi connectivity index (χ4n) is 3.66. The first-order chi connectivity index (χ1) is 11.8. The van der Waals surface area contributed by atoms with E-state index in [1.165, 1.54) is 44.9 Å². The smallest absolute Gasteiger partial charge is 0.228 e. The highest BCUT2D eigenvalue weighted by atomic mass is 16.1. The summed E-state index contributed by atoms with van der Waals surface area (Å²) >= 11 is 0. The monoisotopic (exact) mass is 327 g/mol. The molecule has 1 heterocycles. The molecule has 0 aliphatic heterocycles. The van der Waals surface area contributed by atoms with Crippen molar-refractivity contribution in [2.24, 2.45) is 5.92 Å². The van der Waals surface area contributed by atoms with Crippen LogP contribution < -0.4 is 10.6 Å². The van der Waals surface area contributed by atoms with Gasteiger partial charge in [0.1, 0.15) is 5.82 Å². The molecule has 0 aromatic carbocycles. The Hall–Kier alpha value is -1.84. The summed E-state index contributed by atoms with van der Waals surface area (Å²) in [5.41, 5.74) is 2.60. The number of rotatable bonds is 6. The van der Waals surface area contributed by atoms with Crippen LogP contribution in [0.5, 0.6) is 0 Å². The quantitative estimate of drug-likeness (QED) is 0.730. The summed E-state index contributed by atoms with van der Waals surface area (Å²) < 4.78 is 0. The lowest BCUT2D eigenvalue weighted by Gasteiger charge is -2.20. The van der Waals surface area contributed by atoms with Crippen LogP contribution in [0.1, 0.15) is 64.2 Å². The van der Waals surface area contributed by atoms with E-state index in [0.717, 1.165) is 31.5 Å². The number of allylic oxidation sites excluding steroid dienone is 1. The molecule has 0 unspecified atom stereocenters. The molecule has 0 spiro atoms. The van der Waals surface area contributed by atoms with E-state index in [2.05, 4.69) is 21.7 Å². The molecule has 2 aliphatic carbocycles. The van der Waals surface area contributed by atoms with Crippen LogP contribution in [0.2, 0.25) is 0 Å². The predicted octanol–water partition coefficient (Wildman–Crippen LogP) is 4.90. The van der Waals surface area contributed by atoms with Crippen molar-refractivity contribution in [2.45, 2.75) is 64.2 Å². The Balaban J connectivity index is 1.42. The molecule has 4 heteroatoms. The third-order valence-corrected chi connectivity index (χ3v) is 5.15. The maximum atomic E-state index is 12.2. The largest absolute Gasteiger partial charge is 0.383 e. The molecule has 1 saturated carbocycles. The minimum absolute atomic E-state index is 0.132. The number of aromatic nitrogens is 1. The highest BCUT2D eigenvalue weighted by Gasteiger charge is 2.21. The Morgan fingerprint density at radius 2 is 2.00 bits per heavy atom. The number of hydrogen-bond donors (Lipinski definition) is 2. The lowest BCUT2D eigenvalue weighted by Crippen LogP contribution is -2.25. The second-order valence-electron chi connectivity index (χ2n) is 7.04. The topological polar surface area (TPSA) is 54.0 Å². The summed E-state index contributed by atoms with van der Waals surface area (Å²) in [6, 6.07) is 3.89. The van der Waals surface area contributed by atoms with E-state index in [4.69, 9.17) is 0 Å². The van der Waals surface area contributed by atoms with Crippen LogP contribution in [0.3, 0.4) is 0 Å². The Bertz CT molecular complexity index is 559. The highest BCUT2D eigenvalue weighted by molar-refractivity contribution is 5.91. The van der Waals surface area contributed by atoms with E-state index < -0.39 is 0 Å². The van der Waals surface area contributed by atoms with Crippen molar-refractivity contribution in [3.8, 4) is 0 Å². The standard InChI is InChI=1S/C20H29N3O/c24-20(17-9-5-2-6-10-17)23-19-12-11-18(15-22-19)21-14-13-16-7-3-1-4-8-16/h7,11-12,15,17,21H,1-6,8-10,13-14H2,(H,22,23,24). The van der Waals surface area contributed by atoms with Gasteiger partial charge in [-0.3, -0.25) is 4.79 Å². The van der Waals surface area contributed by atoms with Gasteiger partial charge < -0.3 is 10.6 Å². The molecule has 2 N–H and O–H groups in total. The minimum Gasteiger partial charge on any atom is -0.383 e. The Morgan fingerprint density at radius 1 is 1.12 bits per heavy atom. The molecular weight excluding hydrogens is 298 g/mol. The van der Waals surface area contributed by atoms with Crippen molar-refractivity contribution in [2.75, 3.05) is 17.2 Å². The van der Waals surface area contributed by atoms with Crippen LogP contribution in [-0.4, -0.2) is 17.4 Å². The Morgan fingerprint density at radius 3 is 2.71 bits per heavy atom. The fraction of sp³-hybridized carbons (Fsp3) is 0.600. The number of nitrogens with one attached hydrogen (secondary N) is 2. The van der Waals surface area contributed by atoms with Crippen LogP contribution >= 0.6 is 0 Å². The van der Waals surface area contributed by atoms with Gasteiger partial charge in [-0.15, -0.1) is 0 Å². The molecule has 3 rings (SSSR count). The predicted molar refractivity (Wildman–Crippen MR) is 99.1 cm³/mol. The SMILES string of the molecule is O=C(Nc1ccc(NCCC2=CCCCC2)cn1)C1CCCCC1. The van der Waals surface area contributed by atoms with Crippen molar-refractivity contribution in [3.63, 3.8) is 0 Å². The lowest BCUT2D eigenvalue weighted by molar-refractivity contribution is -0.120. The summed E-state index contributed by atoms with van der Waals surface area (Å²) in [5, 5.41) is 6.38. The summed E-state index contributed by atoms with van der Waals surface area (Å²) in [6.07, 6.45) is 16.1. The van der Waals surface area contributed by atoms with Gasteiger partial charge in [0, 0.05) is 12.5 Å². The van der Waals surface area contributed by atoms with Gasteiger partial charge in [-0.05, 0) is 57.1 Å². The fourth-order valence-corrected chi connectivity index (χ4v) is 3.66. The van der Waals surface area contributed by atoms with Crippen LogP contribution in [-0.2, 0) is 4.79 Å². The van der Waals surface area contributed by atoms with Crippen LogP contribution in [0.4, 0.5) is 11.5 Å². The van der Waals surface area contributed by atoms with E-state index in [0.29, 0.717) is 5.82 Å². The molecule has 0 atom stereocenters. The van der Waals surface area contributed by atoms with Crippen molar-refractivity contribution >= 4 is 17.4 Å². The minimum atomic E-state index is 0.132. The average molecular weight is 327 g/mol. The molecule has 0 bridgehead atoms. The second-order valence-corrected chi connectivity index (χ2v) is 7.04. The number of anilines is 2. The number of hydrogen-bond acceptors (Lipinski definition) is 3. The molecule has 4 nitrogen and oxygen atoms in total. The zero-order valence-corrected chi connectivity index (χ0v) is 14.5. The Kier molecular flexibility index (Phi) is 6.27. The van der Waals surface area contributed by atoms with Crippen molar-refractivity contribution < 1.29 is 4.79 Å². The van der Waals surface area contributed by atoms with E-state index in [1.54, 1.807) is 5.57 Å². The van der Waals surface area contributed by atoms with Gasteiger partial charge in [-0.1, -0.05) is 30.9 Å². The second kappa shape index (κ2) is 8.86. The van der Waals surface area contributed by atoms with Crippen LogP contribution in [0.25, 0.3) is 0 Å². The first kappa shape index (κ1) is 17.0. The maximum Gasteiger partial charge on any atom is 0.228 e. The number of carbonyl (C=O) groups excluding carboxylic acids is 1. The molecule has 0 radical (unpaired) electrons. The maximum absolute atomic E-state index is 12.2. The first-order valence-corrected chi connectivity index (χ1v) is 9.50. The van der Waals surface area contributed by atoms with Gasteiger partial charge in [0.2, 0.25) is 5.91 Å². The average Bonchev–Trinajstić information content (AvgIpc) is 2.65. The number of pyridine rings is 1. The molecular formula is C20H29N3O. The lowest BCUT2D eigenvalue weighted by atomic mass is 9.89. The molecule has 0 saturated heterocycles. The third-order valence-electron chi connectivity index (χ3n) is 5.15. The van der Waals surface area contributed by atoms with Gasteiger partial charge >= 0.3 is 0 Å². The molecule has 1 fully saturated rings. The van der Waals surface area contributed by atoms with E-state index in [1.807, 2.05) is 18.3 Å². The molecule has 24 heavy (non-hydrogen) atoms. The molecule has 1 aromatic heterocycles. The van der Waals surface area contributed by atoms with Crippen molar-refractivity contribution in [3.05, 3.63) is 30.0 Å². The molecule has 1 aromatic rings. The van der Waals surface area contributed by atoms with Crippen LogP contribution in [0.15, 0.2) is 30.0 Å². The van der Waals surface area contributed by atoms with E-state index in [9.17, 15) is 4.79 Å². The zero-order valence-electron chi connectivity index (χ0n) is 14.5. The molecule has 1 amide bonds. The molecule has 130 valence electrons. The third kappa shape index (κ3) is 5.08. The van der Waals surface area contributed by atoms with E-state index in [-0.39, 0.29) is 11.8 Å². The molecule has 2 aliphatic rings. The normalized spacial score (nSPS) is 18.8. The van der Waals surface area contributed by atoms with Crippen molar-refractivity contribution in [1.29, 1.82) is 0 Å². The Labute approximate surface area is 145 Å². The summed E-state index contributed by atoms with van der Waals surface area (Å²) in [7, 11) is 0. The van der Waals surface area contributed by atoms with Gasteiger partial charge in [-0.25, -0.2) is 4.98 Å². The summed E-state index contributed by atoms with van der Waals surface area (Å²) in [6.45, 7) is 0.946. The number of amides is 1. The first-order valence-electron chi connectivity index (χ1n) is 9.50. The number of nitrogens with zero attached hydrogens (tertiary/aromatic N) is 1. The number of carbonyl (C=O) groups is 1. The summed E-state index contributed by atoms with van der Waals surface area (Å²) in [5.74, 6) is 0.959. The highest BCUT2D eigenvalue weighted by Crippen LogP contribution is 2.25. The van der Waals surface area contributed by atoms with E-state index >= 15 is 0 Å². The summed E-state index contributed by atoms with van der Waals surface area (Å²) in [4.78, 5) is 16.6. The van der Waals surface area contributed by atoms with Crippen LogP contribution in [0, 0.1) is 5.92 Å². The van der Waals surface area contributed by atoms with Gasteiger partial charge in [0.05, 0.1) is 11.9 Å². The van der Waals surface area contributed by atoms with Gasteiger partial charge in [0.25, 0.3) is 0 Å².